The van der Waals surface area contributed by atoms with Crippen LogP contribution in [0.3, 0.4) is 0 Å². The maximum absolute atomic E-state index is 12.4. The second-order valence-electron chi connectivity index (χ2n) is 16.9. The van der Waals surface area contributed by atoms with Crippen LogP contribution >= 0.6 is 0 Å². The van der Waals surface area contributed by atoms with Gasteiger partial charge < -0.3 is 15.5 Å². The highest BCUT2D eigenvalue weighted by Gasteiger charge is 2.17. The van der Waals surface area contributed by atoms with Gasteiger partial charge in [0.25, 0.3) is 0 Å². The van der Waals surface area contributed by atoms with Crippen molar-refractivity contribution in [2.75, 3.05) is 6.61 Å². The van der Waals surface area contributed by atoms with E-state index < -0.39 is 12.1 Å². The molecule has 3 N–H and O–H groups in total. The highest BCUT2D eigenvalue weighted by atomic mass is 16.3. The van der Waals surface area contributed by atoms with Crippen LogP contribution in [-0.4, -0.2) is 34.9 Å². The van der Waals surface area contributed by atoms with E-state index in [-0.39, 0.29) is 12.5 Å². The fraction of sp³-hybridized carbons (Fsp3) is 0.863. The van der Waals surface area contributed by atoms with Crippen molar-refractivity contribution >= 4 is 5.91 Å². The van der Waals surface area contributed by atoms with Gasteiger partial charge in [-0.2, -0.15) is 0 Å². The topological polar surface area (TPSA) is 69.6 Å². The van der Waals surface area contributed by atoms with Gasteiger partial charge in [0, 0.05) is 6.42 Å². The third-order valence-electron chi connectivity index (χ3n) is 11.3. The lowest BCUT2D eigenvalue weighted by atomic mass is 10.0. The Labute approximate surface area is 344 Å². The number of hydrogen-bond donors (Lipinski definition) is 3. The largest absolute Gasteiger partial charge is 0.394 e. The van der Waals surface area contributed by atoms with Gasteiger partial charge >= 0.3 is 0 Å². The molecular weight excluding hydrogens is 675 g/mol. The smallest absolute Gasteiger partial charge is 0.220 e. The number of carbonyl (C=O) groups excluding carboxylic acids is 1. The van der Waals surface area contributed by atoms with Gasteiger partial charge in [0.15, 0.2) is 0 Å². The number of amides is 1. The Morgan fingerprint density at radius 3 is 1.05 bits per heavy atom. The van der Waals surface area contributed by atoms with Gasteiger partial charge in [-0.1, -0.05) is 237 Å². The van der Waals surface area contributed by atoms with Crippen LogP contribution in [0.25, 0.3) is 0 Å². The first kappa shape index (κ1) is 53.6. The fourth-order valence-corrected chi connectivity index (χ4v) is 7.54. The highest BCUT2D eigenvalue weighted by Crippen LogP contribution is 2.16. The number of rotatable bonds is 45. The lowest BCUT2D eigenvalue weighted by Gasteiger charge is -2.19. The number of nitrogens with one attached hydrogen (secondary N) is 1. The molecule has 324 valence electrons. The maximum atomic E-state index is 12.4. The molecule has 0 fully saturated rings. The standard InChI is InChI=1S/C51H97NO3/c1-3-5-7-9-11-13-15-17-19-21-23-24-25-26-27-29-30-32-34-36-38-40-42-44-46-50(54)49(48-53)52-51(55)47-45-43-41-39-37-35-33-31-28-22-20-18-16-14-12-10-8-6-4-2/h22,28,36,38,44,46,49-50,53-54H,3-21,23-27,29-35,37,39-43,45,47-48H2,1-2H3,(H,52,55)/b28-22-,38-36+,46-44+. The second kappa shape index (κ2) is 47.0. The van der Waals surface area contributed by atoms with Crippen LogP contribution in [0.5, 0.6) is 0 Å². The molecule has 0 aromatic rings. The SMILES string of the molecule is CCCCCCCCCC/C=C\CCCCCCCCCC(=O)NC(CO)C(O)/C=C/CC/C=C/CCCCCCCCCCCCCCCCCCCC. The first-order valence-corrected chi connectivity index (χ1v) is 24.7. The van der Waals surface area contributed by atoms with E-state index in [9.17, 15) is 15.0 Å². The van der Waals surface area contributed by atoms with E-state index in [1.54, 1.807) is 6.08 Å². The highest BCUT2D eigenvalue weighted by molar-refractivity contribution is 5.76. The summed E-state index contributed by atoms with van der Waals surface area (Å²) in [6, 6.07) is -0.641. The number of allylic oxidation sites excluding steroid dienone is 5. The first-order valence-electron chi connectivity index (χ1n) is 24.7. The average Bonchev–Trinajstić information content (AvgIpc) is 3.19. The molecule has 0 aliphatic heterocycles. The van der Waals surface area contributed by atoms with Gasteiger partial charge in [-0.25, -0.2) is 0 Å². The third kappa shape index (κ3) is 43.6. The van der Waals surface area contributed by atoms with E-state index in [1.807, 2.05) is 6.08 Å². The fourth-order valence-electron chi connectivity index (χ4n) is 7.54. The Morgan fingerprint density at radius 1 is 0.418 bits per heavy atom. The van der Waals surface area contributed by atoms with E-state index in [0.29, 0.717) is 6.42 Å². The van der Waals surface area contributed by atoms with Crippen LogP contribution < -0.4 is 5.32 Å². The molecule has 0 aliphatic carbocycles. The van der Waals surface area contributed by atoms with E-state index in [4.69, 9.17) is 0 Å². The Balaban J connectivity index is 3.57. The van der Waals surface area contributed by atoms with Crippen molar-refractivity contribution in [3.05, 3.63) is 36.5 Å². The Hall–Kier alpha value is -1.39. The third-order valence-corrected chi connectivity index (χ3v) is 11.3. The molecular formula is C51H97NO3. The molecule has 0 rings (SSSR count). The van der Waals surface area contributed by atoms with Crippen LogP contribution in [0.4, 0.5) is 0 Å². The molecule has 0 bridgehead atoms. The number of hydrogen-bond acceptors (Lipinski definition) is 3. The van der Waals surface area contributed by atoms with Gasteiger partial charge in [-0.15, -0.1) is 0 Å². The molecule has 4 nitrogen and oxygen atoms in total. The lowest BCUT2D eigenvalue weighted by molar-refractivity contribution is -0.123. The summed E-state index contributed by atoms with van der Waals surface area (Å²) in [6.07, 6.45) is 62.8. The summed E-state index contributed by atoms with van der Waals surface area (Å²) in [6.45, 7) is 4.31. The summed E-state index contributed by atoms with van der Waals surface area (Å²) in [5, 5.41) is 23.1. The Morgan fingerprint density at radius 2 is 0.709 bits per heavy atom. The normalized spacial score (nSPS) is 13.2. The molecule has 4 heteroatoms. The molecule has 1 amide bonds. The summed E-state index contributed by atoms with van der Waals surface area (Å²) in [7, 11) is 0. The van der Waals surface area contributed by atoms with E-state index in [2.05, 4.69) is 43.5 Å². The molecule has 55 heavy (non-hydrogen) atoms. The first-order chi connectivity index (χ1) is 27.2. The van der Waals surface area contributed by atoms with Crippen LogP contribution in [0.1, 0.15) is 264 Å². The molecule has 0 saturated carbocycles. The van der Waals surface area contributed by atoms with Crippen LogP contribution in [-0.2, 0) is 4.79 Å². The van der Waals surface area contributed by atoms with Crippen molar-refractivity contribution in [3.63, 3.8) is 0 Å². The summed E-state index contributed by atoms with van der Waals surface area (Å²) < 4.78 is 0. The van der Waals surface area contributed by atoms with Gasteiger partial charge in [-0.05, 0) is 57.8 Å². The predicted octanol–water partition coefficient (Wildman–Crippen LogP) is 15.7. The van der Waals surface area contributed by atoms with Gasteiger partial charge in [-0.3, -0.25) is 4.79 Å². The lowest BCUT2D eigenvalue weighted by Crippen LogP contribution is -2.45. The molecule has 2 atom stereocenters. The van der Waals surface area contributed by atoms with Crippen molar-refractivity contribution in [1.29, 1.82) is 0 Å². The molecule has 0 spiro atoms. The quantitative estimate of drug-likeness (QED) is 0.0426. The van der Waals surface area contributed by atoms with Crippen molar-refractivity contribution < 1.29 is 15.0 Å². The number of aliphatic hydroxyl groups is 2. The van der Waals surface area contributed by atoms with Crippen LogP contribution in [0, 0.1) is 0 Å². The molecule has 0 aromatic heterocycles. The Kier molecular flexibility index (Phi) is 45.8. The molecule has 2 unspecified atom stereocenters. The number of carbonyl (C=O) groups is 1. The average molecular weight is 772 g/mol. The van der Waals surface area contributed by atoms with E-state index in [0.717, 1.165) is 32.1 Å². The van der Waals surface area contributed by atoms with Crippen molar-refractivity contribution in [1.82, 2.24) is 5.32 Å². The monoisotopic (exact) mass is 772 g/mol. The molecule has 0 saturated heterocycles. The molecule has 0 radical (unpaired) electrons. The number of unbranched alkanes of at least 4 members (excludes halogenated alkanes) is 34. The molecule has 0 aromatic carbocycles. The predicted molar refractivity (Wildman–Crippen MR) is 244 cm³/mol. The van der Waals surface area contributed by atoms with Gasteiger partial charge in [0.1, 0.15) is 0 Å². The minimum atomic E-state index is -0.863. The number of aliphatic hydroxyl groups excluding tert-OH is 2. The maximum Gasteiger partial charge on any atom is 0.220 e. The van der Waals surface area contributed by atoms with Gasteiger partial charge in [0.2, 0.25) is 5.91 Å². The van der Waals surface area contributed by atoms with Crippen LogP contribution in [0.2, 0.25) is 0 Å². The van der Waals surface area contributed by atoms with Crippen LogP contribution in [0.15, 0.2) is 36.5 Å². The summed E-state index contributed by atoms with van der Waals surface area (Å²) in [4.78, 5) is 12.4. The van der Waals surface area contributed by atoms with Crippen molar-refractivity contribution in [2.45, 2.75) is 276 Å². The summed E-state index contributed by atoms with van der Waals surface area (Å²) >= 11 is 0. The van der Waals surface area contributed by atoms with E-state index in [1.165, 1.54) is 212 Å². The zero-order valence-electron chi connectivity index (χ0n) is 37.2. The minimum Gasteiger partial charge on any atom is -0.394 e. The minimum absolute atomic E-state index is 0.0761. The summed E-state index contributed by atoms with van der Waals surface area (Å²) in [5.41, 5.74) is 0. The van der Waals surface area contributed by atoms with Crippen molar-refractivity contribution in [3.8, 4) is 0 Å². The zero-order chi connectivity index (χ0) is 40.0. The zero-order valence-corrected chi connectivity index (χ0v) is 37.2. The Bertz CT molecular complexity index is 836. The van der Waals surface area contributed by atoms with Crippen molar-refractivity contribution in [2.24, 2.45) is 0 Å². The second-order valence-corrected chi connectivity index (χ2v) is 16.9. The van der Waals surface area contributed by atoms with Gasteiger partial charge in [0.05, 0.1) is 18.8 Å². The van der Waals surface area contributed by atoms with E-state index >= 15 is 0 Å². The summed E-state index contributed by atoms with van der Waals surface area (Å²) in [5.74, 6) is -0.0761. The molecule has 0 heterocycles. The molecule has 0 aliphatic rings.